The molecule has 1 aromatic rings. The van der Waals surface area contributed by atoms with Crippen LogP contribution in [0.15, 0.2) is 28.0 Å². The molecule has 0 radical (unpaired) electrons. The Morgan fingerprint density at radius 3 is 2.46 bits per heavy atom. The van der Waals surface area contributed by atoms with Gasteiger partial charge in [-0.25, -0.2) is 0 Å². The Morgan fingerprint density at radius 1 is 1.31 bits per heavy atom. The summed E-state index contributed by atoms with van der Waals surface area (Å²) in [7, 11) is 0. The molecule has 2 heteroatoms. The van der Waals surface area contributed by atoms with E-state index in [1.165, 1.54) is 10.5 Å². The first-order chi connectivity index (χ1) is 6.24. The molecule has 0 saturated heterocycles. The van der Waals surface area contributed by atoms with Crippen LogP contribution in [0.25, 0.3) is 0 Å². The minimum atomic E-state index is 1.09. The number of rotatable bonds is 2. The molecule has 0 fully saturated rings. The molecule has 0 saturated carbocycles. The third-order valence-corrected chi connectivity index (χ3v) is 2.89. The second-order valence-corrected chi connectivity index (χ2v) is 4.19. The van der Waals surface area contributed by atoms with Crippen molar-refractivity contribution in [2.75, 3.05) is 5.75 Å². The average Bonchev–Trinajstić information content (AvgIpc) is 2.15. The second kappa shape index (κ2) is 7.34. The van der Waals surface area contributed by atoms with Gasteiger partial charge in [0.05, 0.1) is 0 Å². The summed E-state index contributed by atoms with van der Waals surface area (Å²) >= 11 is 6.20. The molecule has 1 aromatic carbocycles. The van der Waals surface area contributed by atoms with Crippen LogP contribution in [0.3, 0.4) is 0 Å². The number of aryl methyl sites for hydroxylation is 1. The summed E-state index contributed by atoms with van der Waals surface area (Å²) in [6.45, 7) is 8.26. The summed E-state index contributed by atoms with van der Waals surface area (Å²) in [6.07, 6.45) is 0. The smallest absolute Gasteiger partial charge is 0.0208 e. The van der Waals surface area contributed by atoms with Crippen molar-refractivity contribution >= 4 is 24.4 Å². The molecule has 1 rings (SSSR count). The molecule has 13 heavy (non-hydrogen) atoms. The lowest BCUT2D eigenvalue weighted by molar-refractivity contribution is 1.22. The molecule has 0 aliphatic heterocycles. The highest BCUT2D eigenvalue weighted by atomic mass is 32.2. The molecule has 0 aliphatic rings. The monoisotopic (exact) mass is 214 g/mol. The molecule has 0 spiro atoms. The standard InChI is InChI=1S/C9H12S2.C2H6/c1-3-11-9-6-7(2)4-5-8(9)10;1-2/h4-6,10H,3H2,1-2H3;1-2H3. The van der Waals surface area contributed by atoms with Gasteiger partial charge >= 0.3 is 0 Å². The van der Waals surface area contributed by atoms with Crippen molar-refractivity contribution in [3.05, 3.63) is 23.8 Å². The zero-order chi connectivity index (χ0) is 10.3. The van der Waals surface area contributed by atoms with Gasteiger partial charge in [0.1, 0.15) is 0 Å². The van der Waals surface area contributed by atoms with Crippen LogP contribution >= 0.6 is 24.4 Å². The summed E-state index contributed by atoms with van der Waals surface area (Å²) in [5.74, 6) is 1.11. The van der Waals surface area contributed by atoms with Gasteiger partial charge in [0.15, 0.2) is 0 Å². The van der Waals surface area contributed by atoms with E-state index in [2.05, 4.69) is 44.7 Å². The fourth-order valence-corrected chi connectivity index (χ4v) is 2.02. The van der Waals surface area contributed by atoms with E-state index in [9.17, 15) is 0 Å². The predicted octanol–water partition coefficient (Wildman–Crippen LogP) is 4.42. The van der Waals surface area contributed by atoms with Gasteiger partial charge < -0.3 is 0 Å². The molecule has 0 unspecified atom stereocenters. The normalized spacial score (nSPS) is 9.00. The maximum absolute atomic E-state index is 4.36. The Hall–Kier alpha value is -0.0800. The minimum absolute atomic E-state index is 1.09. The largest absolute Gasteiger partial charge is 0.142 e. The summed E-state index contributed by atoms with van der Waals surface area (Å²) in [5.41, 5.74) is 1.30. The van der Waals surface area contributed by atoms with E-state index < -0.39 is 0 Å². The highest BCUT2D eigenvalue weighted by molar-refractivity contribution is 7.99. The molecular weight excluding hydrogens is 196 g/mol. The fraction of sp³-hybridized carbons (Fsp3) is 0.455. The van der Waals surface area contributed by atoms with Gasteiger partial charge in [0.25, 0.3) is 0 Å². The predicted molar refractivity (Wildman–Crippen MR) is 66.2 cm³/mol. The lowest BCUT2D eigenvalue weighted by Gasteiger charge is -2.03. The van der Waals surface area contributed by atoms with Gasteiger partial charge in [-0.2, -0.15) is 0 Å². The Bertz CT molecular complexity index is 244. The van der Waals surface area contributed by atoms with Crippen molar-refractivity contribution in [2.24, 2.45) is 0 Å². The van der Waals surface area contributed by atoms with Crippen LogP contribution in [-0.2, 0) is 0 Å². The fourth-order valence-electron chi connectivity index (χ4n) is 0.892. The Balaban J connectivity index is 0.000000671. The summed E-state index contributed by atoms with van der Waals surface area (Å²) < 4.78 is 0. The summed E-state index contributed by atoms with van der Waals surface area (Å²) in [6, 6.07) is 6.31. The van der Waals surface area contributed by atoms with Crippen LogP contribution in [0.5, 0.6) is 0 Å². The highest BCUT2D eigenvalue weighted by Crippen LogP contribution is 2.26. The van der Waals surface area contributed by atoms with Gasteiger partial charge in [-0.3, -0.25) is 0 Å². The molecule has 74 valence electrons. The van der Waals surface area contributed by atoms with Gasteiger partial charge in [-0.05, 0) is 30.4 Å². The third kappa shape index (κ3) is 4.63. The van der Waals surface area contributed by atoms with E-state index in [-0.39, 0.29) is 0 Å². The second-order valence-electron chi connectivity index (χ2n) is 2.40. The average molecular weight is 214 g/mol. The van der Waals surface area contributed by atoms with E-state index in [0.29, 0.717) is 0 Å². The zero-order valence-electron chi connectivity index (χ0n) is 8.79. The summed E-state index contributed by atoms with van der Waals surface area (Å²) in [5, 5.41) is 0. The first kappa shape index (κ1) is 12.9. The number of hydrogen-bond donors (Lipinski definition) is 1. The maximum atomic E-state index is 4.36. The molecule has 0 aromatic heterocycles. The number of thiol groups is 1. The van der Waals surface area contributed by atoms with Crippen LogP contribution in [0.2, 0.25) is 0 Å². The first-order valence-electron chi connectivity index (χ1n) is 4.66. The number of benzene rings is 1. The van der Waals surface area contributed by atoms with E-state index in [4.69, 9.17) is 0 Å². The molecule has 0 amide bonds. The molecule has 0 heterocycles. The molecular formula is C11H18S2. The SMILES string of the molecule is CC.CCSc1cc(C)ccc1S. The van der Waals surface area contributed by atoms with Crippen molar-refractivity contribution in [1.29, 1.82) is 0 Å². The third-order valence-electron chi connectivity index (χ3n) is 1.42. The Kier molecular flexibility index (Phi) is 7.29. The highest BCUT2D eigenvalue weighted by Gasteiger charge is 1.97. The molecule has 0 bridgehead atoms. The molecule has 0 N–H and O–H groups in total. The number of thioether (sulfide) groups is 1. The van der Waals surface area contributed by atoms with Gasteiger partial charge in [-0.15, -0.1) is 24.4 Å². The van der Waals surface area contributed by atoms with Crippen LogP contribution < -0.4 is 0 Å². The lowest BCUT2D eigenvalue weighted by atomic mass is 10.2. The number of hydrogen-bond acceptors (Lipinski definition) is 2. The van der Waals surface area contributed by atoms with Crippen molar-refractivity contribution in [3.63, 3.8) is 0 Å². The maximum Gasteiger partial charge on any atom is 0.0208 e. The van der Waals surface area contributed by atoms with Gasteiger partial charge in [0.2, 0.25) is 0 Å². The van der Waals surface area contributed by atoms with Crippen LogP contribution in [0.1, 0.15) is 26.3 Å². The summed E-state index contributed by atoms with van der Waals surface area (Å²) in [4.78, 5) is 2.37. The van der Waals surface area contributed by atoms with Crippen molar-refractivity contribution in [2.45, 2.75) is 37.5 Å². The molecule has 0 nitrogen and oxygen atoms in total. The first-order valence-corrected chi connectivity index (χ1v) is 6.09. The Morgan fingerprint density at radius 2 is 1.92 bits per heavy atom. The van der Waals surface area contributed by atoms with Crippen molar-refractivity contribution in [1.82, 2.24) is 0 Å². The van der Waals surface area contributed by atoms with E-state index in [0.717, 1.165) is 10.6 Å². The van der Waals surface area contributed by atoms with E-state index in [1.54, 1.807) is 0 Å². The van der Waals surface area contributed by atoms with Gasteiger partial charge in [0, 0.05) is 9.79 Å². The van der Waals surface area contributed by atoms with Crippen LogP contribution in [0, 0.1) is 6.92 Å². The zero-order valence-corrected chi connectivity index (χ0v) is 10.5. The lowest BCUT2D eigenvalue weighted by Crippen LogP contribution is -1.78. The minimum Gasteiger partial charge on any atom is -0.142 e. The van der Waals surface area contributed by atoms with Crippen LogP contribution in [0.4, 0.5) is 0 Å². The van der Waals surface area contributed by atoms with E-state index >= 15 is 0 Å². The van der Waals surface area contributed by atoms with Crippen molar-refractivity contribution in [3.8, 4) is 0 Å². The van der Waals surface area contributed by atoms with E-state index in [1.807, 2.05) is 25.6 Å². The quantitative estimate of drug-likeness (QED) is 0.561. The molecule has 0 atom stereocenters. The van der Waals surface area contributed by atoms with Crippen molar-refractivity contribution < 1.29 is 0 Å². The topological polar surface area (TPSA) is 0 Å². The Labute approximate surface area is 91.5 Å². The van der Waals surface area contributed by atoms with Crippen LogP contribution in [-0.4, -0.2) is 5.75 Å². The van der Waals surface area contributed by atoms with Gasteiger partial charge in [-0.1, -0.05) is 26.8 Å². The molecule has 0 aliphatic carbocycles.